The molecule has 2 aliphatic rings. The van der Waals surface area contributed by atoms with Crippen LogP contribution in [0.25, 0.3) is 0 Å². The molecule has 1 saturated heterocycles. The van der Waals surface area contributed by atoms with Crippen molar-refractivity contribution in [3.8, 4) is 5.75 Å². The Balaban J connectivity index is 0.00000300. The summed E-state index contributed by atoms with van der Waals surface area (Å²) in [7, 11) is 0. The molecule has 1 aliphatic carbocycles. The molecule has 0 unspecified atom stereocenters. The third kappa shape index (κ3) is 7.24. The second-order valence-corrected chi connectivity index (χ2v) is 9.15. The average Bonchev–Trinajstić information content (AvgIpc) is 2.70. The summed E-state index contributed by atoms with van der Waals surface area (Å²) in [5.41, 5.74) is 6.20. The highest BCUT2D eigenvalue weighted by atomic mass is 127. The van der Waals surface area contributed by atoms with Crippen LogP contribution in [0.5, 0.6) is 5.75 Å². The predicted octanol–water partition coefficient (Wildman–Crippen LogP) is 3.39. The summed E-state index contributed by atoms with van der Waals surface area (Å²) in [6.07, 6.45) is 6.74. The summed E-state index contributed by atoms with van der Waals surface area (Å²) in [6.45, 7) is 5.57. The van der Waals surface area contributed by atoms with Crippen LogP contribution in [0.1, 0.15) is 44.6 Å². The molecule has 0 atom stereocenters. The van der Waals surface area contributed by atoms with E-state index in [2.05, 4.69) is 28.9 Å². The maximum absolute atomic E-state index is 10.9. The van der Waals surface area contributed by atoms with Gasteiger partial charge in [0.25, 0.3) is 5.91 Å². The van der Waals surface area contributed by atoms with Crippen LogP contribution in [0.4, 0.5) is 0 Å². The van der Waals surface area contributed by atoms with Crippen molar-refractivity contribution < 1.29 is 9.53 Å². The summed E-state index contributed by atoms with van der Waals surface area (Å²) in [5.74, 6) is 2.33. The van der Waals surface area contributed by atoms with Gasteiger partial charge in [-0.3, -0.25) is 4.79 Å². The minimum Gasteiger partial charge on any atom is -0.484 e. The molecule has 2 fully saturated rings. The van der Waals surface area contributed by atoms with E-state index >= 15 is 0 Å². The topological polar surface area (TPSA) is 80.0 Å². The number of nitrogens with one attached hydrogen (secondary N) is 1. The molecule has 29 heavy (non-hydrogen) atoms. The fourth-order valence-corrected chi connectivity index (χ4v) is 5.57. The van der Waals surface area contributed by atoms with Crippen molar-refractivity contribution in [1.29, 1.82) is 0 Å². The number of thioether (sulfide) groups is 1. The van der Waals surface area contributed by atoms with Gasteiger partial charge in [0, 0.05) is 30.1 Å². The lowest BCUT2D eigenvalue weighted by molar-refractivity contribution is -0.119. The first-order chi connectivity index (χ1) is 13.6. The molecule has 0 bridgehead atoms. The van der Waals surface area contributed by atoms with E-state index in [1.165, 1.54) is 37.9 Å². The molecule has 6 nitrogen and oxygen atoms in total. The van der Waals surface area contributed by atoms with E-state index in [0.717, 1.165) is 31.2 Å². The van der Waals surface area contributed by atoms with Gasteiger partial charge in [0.15, 0.2) is 12.6 Å². The van der Waals surface area contributed by atoms with E-state index in [4.69, 9.17) is 15.5 Å². The Morgan fingerprint density at radius 1 is 1.34 bits per heavy atom. The first-order valence-electron chi connectivity index (χ1n) is 10.3. The number of primary amides is 1. The first kappa shape index (κ1) is 24.1. The van der Waals surface area contributed by atoms with E-state index in [-0.39, 0.29) is 30.6 Å². The Bertz CT molecular complexity index is 690. The highest BCUT2D eigenvalue weighted by Crippen LogP contribution is 2.42. The van der Waals surface area contributed by atoms with Gasteiger partial charge in [0.2, 0.25) is 0 Å². The molecule has 1 aromatic rings. The van der Waals surface area contributed by atoms with E-state index < -0.39 is 5.91 Å². The molecular formula is C21H33IN4O2S. The summed E-state index contributed by atoms with van der Waals surface area (Å²) >= 11 is 2.17. The third-order valence-electron chi connectivity index (χ3n) is 5.34. The zero-order chi connectivity index (χ0) is 19.8. The van der Waals surface area contributed by atoms with Crippen LogP contribution >= 0.6 is 35.7 Å². The van der Waals surface area contributed by atoms with Gasteiger partial charge in [0.1, 0.15) is 5.75 Å². The molecule has 1 heterocycles. The number of nitrogens with zero attached hydrogens (tertiary/aromatic N) is 2. The zero-order valence-electron chi connectivity index (χ0n) is 17.2. The molecule has 0 aromatic heterocycles. The van der Waals surface area contributed by atoms with Crippen LogP contribution in [0.2, 0.25) is 0 Å². The summed E-state index contributed by atoms with van der Waals surface area (Å²) < 4.78 is 5.81. The summed E-state index contributed by atoms with van der Waals surface area (Å²) in [4.78, 5) is 18.2. The Morgan fingerprint density at radius 2 is 2.14 bits per heavy atom. The Hall–Kier alpha value is -1.16. The number of amides is 1. The second kappa shape index (κ2) is 11.9. The maximum Gasteiger partial charge on any atom is 0.255 e. The lowest BCUT2D eigenvalue weighted by Crippen LogP contribution is -2.53. The molecule has 1 aromatic carbocycles. The number of aliphatic imine (C=N–C) groups is 1. The number of halogens is 1. The fraction of sp³-hybridized carbons (Fsp3) is 0.619. The van der Waals surface area contributed by atoms with Crippen LogP contribution in [-0.4, -0.2) is 53.5 Å². The van der Waals surface area contributed by atoms with Crippen molar-refractivity contribution in [3.63, 3.8) is 0 Å². The highest BCUT2D eigenvalue weighted by Gasteiger charge is 2.38. The molecule has 162 valence electrons. The van der Waals surface area contributed by atoms with Gasteiger partial charge < -0.3 is 20.7 Å². The van der Waals surface area contributed by atoms with Crippen LogP contribution < -0.4 is 15.8 Å². The predicted molar refractivity (Wildman–Crippen MR) is 131 cm³/mol. The van der Waals surface area contributed by atoms with Crippen LogP contribution in [0, 0.1) is 0 Å². The third-order valence-corrected chi connectivity index (χ3v) is 6.88. The maximum atomic E-state index is 10.9. The van der Waals surface area contributed by atoms with Gasteiger partial charge in [-0.25, -0.2) is 4.99 Å². The Kier molecular flexibility index (Phi) is 9.88. The monoisotopic (exact) mass is 532 g/mol. The first-order valence-corrected chi connectivity index (χ1v) is 11.3. The van der Waals surface area contributed by atoms with Crippen LogP contribution in [0.3, 0.4) is 0 Å². The molecule has 1 aliphatic heterocycles. The van der Waals surface area contributed by atoms with Crippen LogP contribution in [-0.2, 0) is 11.3 Å². The molecule has 0 radical (unpaired) electrons. The van der Waals surface area contributed by atoms with Crippen molar-refractivity contribution in [2.45, 2.75) is 50.3 Å². The number of carbonyl (C=O) groups is 1. The lowest BCUT2D eigenvalue weighted by atomic mass is 9.87. The SMILES string of the molecule is CCNC(=NCc1cccc(OCC(N)=O)c1)N1CCSC2(CCCCC2)C1.I. The van der Waals surface area contributed by atoms with Crippen molar-refractivity contribution in [2.75, 3.05) is 32.0 Å². The van der Waals surface area contributed by atoms with Gasteiger partial charge in [0.05, 0.1) is 6.54 Å². The van der Waals surface area contributed by atoms with Gasteiger partial charge >= 0.3 is 0 Å². The molecule has 1 saturated carbocycles. The van der Waals surface area contributed by atoms with Crippen LogP contribution in [0.15, 0.2) is 29.3 Å². The van der Waals surface area contributed by atoms with Gasteiger partial charge in [-0.2, -0.15) is 11.8 Å². The van der Waals surface area contributed by atoms with Crippen molar-refractivity contribution in [1.82, 2.24) is 10.2 Å². The zero-order valence-corrected chi connectivity index (χ0v) is 20.3. The van der Waals surface area contributed by atoms with Gasteiger partial charge in [-0.15, -0.1) is 24.0 Å². The molecule has 3 N–H and O–H groups in total. The number of rotatable bonds is 6. The smallest absolute Gasteiger partial charge is 0.255 e. The molecular weight excluding hydrogens is 499 g/mol. The molecule has 3 rings (SSSR count). The van der Waals surface area contributed by atoms with Gasteiger partial charge in [-0.05, 0) is 37.5 Å². The number of benzene rings is 1. The van der Waals surface area contributed by atoms with Crippen molar-refractivity contribution >= 4 is 47.6 Å². The number of guanidine groups is 1. The highest BCUT2D eigenvalue weighted by molar-refractivity contribution is 14.0. The quantitative estimate of drug-likeness (QED) is 0.334. The van der Waals surface area contributed by atoms with Crippen molar-refractivity contribution in [3.05, 3.63) is 29.8 Å². The average molecular weight is 532 g/mol. The molecule has 8 heteroatoms. The standard InChI is InChI=1S/C21H32N4O2S.HI/c1-2-23-20(25-11-12-28-21(16-25)9-4-3-5-10-21)24-14-17-7-6-8-18(13-17)27-15-19(22)26;/h6-8,13H,2-5,9-12,14-16H2,1H3,(H2,22,26)(H,23,24);1H. The Morgan fingerprint density at radius 3 is 2.86 bits per heavy atom. The number of hydrogen-bond acceptors (Lipinski definition) is 4. The fourth-order valence-electron chi connectivity index (χ4n) is 4.00. The van der Waals surface area contributed by atoms with E-state index in [1.54, 1.807) is 0 Å². The summed E-state index contributed by atoms with van der Waals surface area (Å²) in [5, 5.41) is 3.47. The molecule has 1 amide bonds. The second-order valence-electron chi connectivity index (χ2n) is 7.59. The minimum atomic E-state index is -0.475. The van der Waals surface area contributed by atoms with E-state index in [0.29, 0.717) is 17.0 Å². The summed E-state index contributed by atoms with van der Waals surface area (Å²) in [6, 6.07) is 7.70. The van der Waals surface area contributed by atoms with E-state index in [9.17, 15) is 4.79 Å². The molecule has 1 spiro atoms. The normalized spacial score (nSPS) is 18.8. The van der Waals surface area contributed by atoms with E-state index in [1.807, 2.05) is 24.3 Å². The number of nitrogens with two attached hydrogens (primary N) is 1. The number of hydrogen-bond donors (Lipinski definition) is 2. The number of ether oxygens (including phenoxy) is 1. The van der Waals surface area contributed by atoms with Gasteiger partial charge in [-0.1, -0.05) is 31.4 Å². The Labute approximate surface area is 195 Å². The number of carbonyl (C=O) groups excluding carboxylic acids is 1. The lowest BCUT2D eigenvalue weighted by Gasteiger charge is -2.45. The largest absolute Gasteiger partial charge is 0.484 e. The van der Waals surface area contributed by atoms with Crippen molar-refractivity contribution in [2.24, 2.45) is 10.7 Å². The minimum absolute atomic E-state index is 0.